The maximum absolute atomic E-state index is 12.4. The predicted octanol–water partition coefficient (Wildman–Crippen LogP) is 4.57. The van der Waals surface area contributed by atoms with Crippen LogP contribution in [0.15, 0.2) is 53.9 Å². The van der Waals surface area contributed by atoms with Crippen molar-refractivity contribution in [2.24, 2.45) is 0 Å². The maximum atomic E-state index is 12.4. The number of anilines is 2. The van der Waals surface area contributed by atoms with Gasteiger partial charge in [-0.1, -0.05) is 24.3 Å². The van der Waals surface area contributed by atoms with Crippen molar-refractivity contribution in [3.8, 4) is 17.0 Å². The minimum atomic E-state index is -0.396. The Labute approximate surface area is 157 Å². The lowest BCUT2D eigenvalue weighted by atomic mass is 10.1. The second-order valence-electron chi connectivity index (χ2n) is 5.88. The van der Waals surface area contributed by atoms with Crippen molar-refractivity contribution in [2.45, 2.75) is 19.9 Å². The molecule has 0 bridgehead atoms. The fraction of sp³-hybridized carbons (Fsp3) is 0.200. The van der Waals surface area contributed by atoms with Crippen LogP contribution in [0.25, 0.3) is 11.3 Å². The number of benzene rings is 2. The van der Waals surface area contributed by atoms with Gasteiger partial charge in [0.15, 0.2) is 0 Å². The van der Waals surface area contributed by atoms with Gasteiger partial charge in [-0.3, -0.25) is 4.79 Å². The van der Waals surface area contributed by atoms with Gasteiger partial charge in [0.1, 0.15) is 11.8 Å². The minimum Gasteiger partial charge on any atom is -0.495 e. The standard InChI is InChI=1S/C20H21N3O2S/c1-13(20(24)23-17-6-4-5-7-19(17)25-3)21-16-10-8-15(9-11-16)18-12-26-14(2)22-18/h4-13,21H,1-3H3,(H,23,24)/t13-/m1/s1. The van der Waals surface area contributed by atoms with Crippen molar-refractivity contribution < 1.29 is 9.53 Å². The molecule has 134 valence electrons. The van der Waals surface area contributed by atoms with Gasteiger partial charge in [0.2, 0.25) is 5.91 Å². The van der Waals surface area contributed by atoms with Crippen molar-refractivity contribution >= 4 is 28.6 Å². The topological polar surface area (TPSA) is 63.2 Å². The van der Waals surface area contributed by atoms with Gasteiger partial charge in [-0.05, 0) is 38.1 Å². The van der Waals surface area contributed by atoms with Gasteiger partial charge in [-0.2, -0.15) is 0 Å². The van der Waals surface area contributed by atoms with Crippen LogP contribution in [-0.4, -0.2) is 24.0 Å². The number of methoxy groups -OCH3 is 1. The zero-order valence-corrected chi connectivity index (χ0v) is 15.8. The average molecular weight is 367 g/mol. The minimum absolute atomic E-state index is 0.131. The van der Waals surface area contributed by atoms with E-state index in [2.05, 4.69) is 15.6 Å². The number of para-hydroxylation sites is 2. The molecule has 1 aromatic heterocycles. The summed E-state index contributed by atoms with van der Waals surface area (Å²) >= 11 is 1.63. The van der Waals surface area contributed by atoms with E-state index in [9.17, 15) is 4.79 Å². The van der Waals surface area contributed by atoms with Crippen LogP contribution in [0.2, 0.25) is 0 Å². The molecule has 2 N–H and O–H groups in total. The van der Waals surface area contributed by atoms with E-state index in [0.29, 0.717) is 11.4 Å². The molecule has 0 fully saturated rings. The molecule has 1 amide bonds. The fourth-order valence-electron chi connectivity index (χ4n) is 2.54. The molecule has 0 radical (unpaired) electrons. The van der Waals surface area contributed by atoms with Crippen LogP contribution in [0, 0.1) is 6.92 Å². The van der Waals surface area contributed by atoms with Crippen LogP contribution in [-0.2, 0) is 4.79 Å². The second kappa shape index (κ2) is 8.01. The van der Waals surface area contributed by atoms with Crippen molar-refractivity contribution in [2.75, 3.05) is 17.7 Å². The summed E-state index contributed by atoms with van der Waals surface area (Å²) in [6.07, 6.45) is 0. The third-order valence-electron chi connectivity index (χ3n) is 3.94. The quantitative estimate of drug-likeness (QED) is 0.670. The molecule has 2 aromatic carbocycles. The van der Waals surface area contributed by atoms with Gasteiger partial charge in [0, 0.05) is 16.6 Å². The first-order chi connectivity index (χ1) is 12.6. The summed E-state index contributed by atoms with van der Waals surface area (Å²) in [5.74, 6) is 0.504. The highest BCUT2D eigenvalue weighted by molar-refractivity contribution is 7.09. The molecule has 3 aromatic rings. The zero-order chi connectivity index (χ0) is 18.5. The van der Waals surface area contributed by atoms with Crippen LogP contribution < -0.4 is 15.4 Å². The van der Waals surface area contributed by atoms with E-state index in [0.717, 1.165) is 22.0 Å². The highest BCUT2D eigenvalue weighted by atomic mass is 32.1. The molecule has 26 heavy (non-hydrogen) atoms. The van der Waals surface area contributed by atoms with Crippen LogP contribution in [0.1, 0.15) is 11.9 Å². The number of carbonyl (C=O) groups is 1. The number of hydrogen-bond donors (Lipinski definition) is 2. The van der Waals surface area contributed by atoms with Gasteiger partial charge >= 0.3 is 0 Å². The number of carbonyl (C=O) groups excluding carboxylic acids is 1. The molecular weight excluding hydrogens is 346 g/mol. The van der Waals surface area contributed by atoms with Crippen LogP contribution in [0.3, 0.4) is 0 Å². The molecule has 0 saturated heterocycles. The fourth-order valence-corrected chi connectivity index (χ4v) is 3.16. The molecule has 0 aliphatic carbocycles. The van der Waals surface area contributed by atoms with E-state index in [1.807, 2.05) is 67.8 Å². The highest BCUT2D eigenvalue weighted by Crippen LogP contribution is 2.25. The molecule has 1 atom stereocenters. The smallest absolute Gasteiger partial charge is 0.246 e. The number of nitrogens with zero attached hydrogens (tertiary/aromatic N) is 1. The summed E-state index contributed by atoms with van der Waals surface area (Å²) in [5.41, 5.74) is 3.57. The number of ether oxygens (including phenoxy) is 1. The van der Waals surface area contributed by atoms with Gasteiger partial charge in [0.25, 0.3) is 0 Å². The van der Waals surface area contributed by atoms with Gasteiger partial charge < -0.3 is 15.4 Å². The summed E-state index contributed by atoms with van der Waals surface area (Å²) in [7, 11) is 1.58. The van der Waals surface area contributed by atoms with Crippen LogP contribution >= 0.6 is 11.3 Å². The number of aromatic nitrogens is 1. The largest absolute Gasteiger partial charge is 0.495 e. The molecule has 0 aliphatic rings. The Morgan fingerprint density at radius 2 is 1.88 bits per heavy atom. The first-order valence-corrected chi connectivity index (χ1v) is 9.18. The zero-order valence-electron chi connectivity index (χ0n) is 14.9. The van der Waals surface area contributed by atoms with Gasteiger partial charge in [-0.25, -0.2) is 4.98 Å². The summed E-state index contributed by atoms with van der Waals surface area (Å²) in [5, 5.41) is 9.19. The van der Waals surface area contributed by atoms with Crippen molar-refractivity contribution in [3.63, 3.8) is 0 Å². The number of amides is 1. The van der Waals surface area contributed by atoms with E-state index >= 15 is 0 Å². The molecule has 1 heterocycles. The Bertz CT molecular complexity index is 890. The Morgan fingerprint density at radius 1 is 1.15 bits per heavy atom. The first kappa shape index (κ1) is 17.9. The number of thiazole rings is 1. The molecule has 5 nitrogen and oxygen atoms in total. The number of nitrogens with one attached hydrogen (secondary N) is 2. The molecule has 3 rings (SSSR count). The van der Waals surface area contributed by atoms with E-state index in [4.69, 9.17) is 4.74 Å². The van der Waals surface area contributed by atoms with E-state index in [1.165, 1.54) is 0 Å². The van der Waals surface area contributed by atoms with Gasteiger partial charge in [-0.15, -0.1) is 11.3 Å². The Morgan fingerprint density at radius 3 is 2.54 bits per heavy atom. The normalized spacial score (nSPS) is 11.7. The Hall–Kier alpha value is -2.86. The molecule has 6 heteroatoms. The summed E-state index contributed by atoms with van der Waals surface area (Å²) in [4.78, 5) is 16.9. The number of hydrogen-bond acceptors (Lipinski definition) is 5. The maximum Gasteiger partial charge on any atom is 0.246 e. The van der Waals surface area contributed by atoms with Crippen LogP contribution in [0.4, 0.5) is 11.4 Å². The lowest BCUT2D eigenvalue weighted by molar-refractivity contribution is -0.116. The van der Waals surface area contributed by atoms with E-state index < -0.39 is 6.04 Å². The Kier molecular flexibility index (Phi) is 5.53. The number of rotatable bonds is 6. The van der Waals surface area contributed by atoms with Crippen molar-refractivity contribution in [1.29, 1.82) is 0 Å². The third-order valence-corrected chi connectivity index (χ3v) is 4.71. The molecular formula is C20H21N3O2S. The third kappa shape index (κ3) is 4.21. The van der Waals surface area contributed by atoms with Crippen molar-refractivity contribution in [3.05, 3.63) is 58.9 Å². The second-order valence-corrected chi connectivity index (χ2v) is 6.95. The molecule has 0 aliphatic heterocycles. The average Bonchev–Trinajstić information content (AvgIpc) is 3.09. The predicted molar refractivity (Wildman–Crippen MR) is 107 cm³/mol. The number of aryl methyl sites for hydroxylation is 1. The first-order valence-electron chi connectivity index (χ1n) is 8.30. The molecule has 0 saturated carbocycles. The van der Waals surface area contributed by atoms with E-state index in [-0.39, 0.29) is 5.91 Å². The highest BCUT2D eigenvalue weighted by Gasteiger charge is 2.14. The molecule has 0 spiro atoms. The summed E-state index contributed by atoms with van der Waals surface area (Å²) < 4.78 is 5.26. The Balaban J connectivity index is 1.63. The lowest BCUT2D eigenvalue weighted by Gasteiger charge is -2.16. The summed E-state index contributed by atoms with van der Waals surface area (Å²) in [6.45, 7) is 3.81. The SMILES string of the molecule is COc1ccccc1NC(=O)[C@@H](C)Nc1ccc(-c2csc(C)n2)cc1. The van der Waals surface area contributed by atoms with Gasteiger partial charge in [0.05, 0.1) is 23.5 Å². The monoisotopic (exact) mass is 367 g/mol. The lowest BCUT2D eigenvalue weighted by Crippen LogP contribution is -2.31. The summed E-state index contributed by atoms with van der Waals surface area (Å²) in [6, 6.07) is 14.9. The van der Waals surface area contributed by atoms with Crippen LogP contribution in [0.5, 0.6) is 5.75 Å². The van der Waals surface area contributed by atoms with Crippen molar-refractivity contribution in [1.82, 2.24) is 4.98 Å². The molecule has 0 unspecified atom stereocenters. The van der Waals surface area contributed by atoms with E-state index in [1.54, 1.807) is 18.4 Å².